The summed E-state index contributed by atoms with van der Waals surface area (Å²) in [5.74, 6) is 0. The van der Waals surface area contributed by atoms with Crippen molar-refractivity contribution in [2.45, 2.75) is 0 Å². The zero-order valence-electron chi connectivity index (χ0n) is 1.42. The van der Waals surface area contributed by atoms with Crippen LogP contribution in [0.15, 0.2) is 0 Å². The van der Waals surface area contributed by atoms with Gasteiger partial charge in [-0.25, -0.2) is 0 Å². The Bertz CT molecular complexity index is 4.00. The molecule has 0 bridgehead atoms. The van der Waals surface area contributed by atoms with E-state index in [-0.39, 0.29) is 68.1 Å². The van der Waals surface area contributed by atoms with Crippen LogP contribution in [0.4, 0.5) is 0 Å². The fourth-order valence-corrected chi connectivity index (χ4v) is 0. The third-order valence-corrected chi connectivity index (χ3v) is 0. The monoisotopic (exact) mass is 286 g/mol. The van der Waals surface area contributed by atoms with E-state index in [1.54, 1.807) is 0 Å². The Morgan fingerprint density at radius 3 is 0.500 bits per heavy atom. The van der Waals surface area contributed by atoms with Gasteiger partial charge in [0.25, 0.3) is 0 Å². The molecule has 0 N–H and O–H groups in total. The molecule has 0 aliphatic carbocycles. The van der Waals surface area contributed by atoms with E-state index in [2.05, 4.69) is 0 Å². The standard InChI is InChI=1S/2BrH.2Cu/h2*1H;;. The zero-order valence-corrected chi connectivity index (χ0v) is 6.73. The van der Waals surface area contributed by atoms with E-state index in [9.17, 15) is 0 Å². The van der Waals surface area contributed by atoms with Crippen LogP contribution in [0.3, 0.4) is 0 Å². The number of hydrogen-bond acceptors (Lipinski definition) is 0. The molecule has 0 amide bonds. The van der Waals surface area contributed by atoms with E-state index in [0.29, 0.717) is 0 Å². The molecule has 0 spiro atoms. The van der Waals surface area contributed by atoms with Crippen LogP contribution in [-0.4, -0.2) is 0 Å². The van der Waals surface area contributed by atoms with Gasteiger partial charge in [-0.05, 0) is 0 Å². The van der Waals surface area contributed by atoms with Crippen molar-refractivity contribution >= 4 is 34.0 Å². The molecule has 4 heavy (non-hydrogen) atoms. The maximum absolute atomic E-state index is 0. The minimum absolute atomic E-state index is 0. The summed E-state index contributed by atoms with van der Waals surface area (Å²) in [4.78, 5) is 0. The van der Waals surface area contributed by atoms with Crippen LogP contribution in [0.5, 0.6) is 0 Å². The van der Waals surface area contributed by atoms with Gasteiger partial charge in [0, 0.05) is 34.1 Å². The minimum atomic E-state index is 0. The van der Waals surface area contributed by atoms with E-state index in [4.69, 9.17) is 0 Å². The van der Waals surface area contributed by atoms with Crippen molar-refractivity contribution in [2.75, 3.05) is 0 Å². The summed E-state index contributed by atoms with van der Waals surface area (Å²) in [6.07, 6.45) is 0. The van der Waals surface area contributed by atoms with Crippen LogP contribution in [0.25, 0.3) is 0 Å². The predicted molar refractivity (Wildman–Crippen MR) is 20.6 cm³/mol. The van der Waals surface area contributed by atoms with E-state index < -0.39 is 0 Å². The van der Waals surface area contributed by atoms with Gasteiger partial charge in [-0.1, -0.05) is 0 Å². The number of hydrogen-bond donors (Lipinski definition) is 0. The van der Waals surface area contributed by atoms with Crippen molar-refractivity contribution in [3.05, 3.63) is 0 Å². The maximum Gasteiger partial charge on any atom is 0 e. The molecule has 0 aliphatic rings. The largest absolute Gasteiger partial charge is 0.114 e. The van der Waals surface area contributed by atoms with Crippen molar-refractivity contribution in [2.24, 2.45) is 0 Å². The minimum Gasteiger partial charge on any atom is -0.114 e. The van der Waals surface area contributed by atoms with Crippen molar-refractivity contribution < 1.29 is 34.1 Å². The third kappa shape index (κ3) is 9.00. The average Bonchev–Trinajstić information content (AvgIpc) is 0. The summed E-state index contributed by atoms with van der Waals surface area (Å²) >= 11 is 0. The summed E-state index contributed by atoms with van der Waals surface area (Å²) in [6.45, 7) is 0. The molecule has 0 aliphatic heterocycles. The van der Waals surface area contributed by atoms with Crippen LogP contribution < -0.4 is 0 Å². The Hall–Kier alpha value is 2.00. The van der Waals surface area contributed by atoms with Crippen molar-refractivity contribution in [3.63, 3.8) is 0 Å². The van der Waals surface area contributed by atoms with E-state index in [0.717, 1.165) is 0 Å². The molecular weight excluding hydrogens is 287 g/mol. The Morgan fingerprint density at radius 1 is 0.500 bits per heavy atom. The van der Waals surface area contributed by atoms with Gasteiger partial charge in [0.1, 0.15) is 0 Å². The molecule has 0 aromatic rings. The zero-order chi connectivity index (χ0) is 0. The van der Waals surface area contributed by atoms with Gasteiger partial charge in [0.05, 0.1) is 0 Å². The van der Waals surface area contributed by atoms with Crippen LogP contribution in [0.1, 0.15) is 0 Å². The molecule has 0 aromatic carbocycles. The molecule has 0 aromatic heterocycles. The molecule has 38 valence electrons. The molecule has 0 unspecified atom stereocenters. The van der Waals surface area contributed by atoms with Crippen molar-refractivity contribution in [1.29, 1.82) is 0 Å². The fourth-order valence-electron chi connectivity index (χ4n) is 0. The van der Waals surface area contributed by atoms with Gasteiger partial charge in [0.15, 0.2) is 0 Å². The number of halogens is 2. The normalized spacial score (nSPS) is 0. The van der Waals surface area contributed by atoms with Gasteiger partial charge in [0.2, 0.25) is 0 Å². The van der Waals surface area contributed by atoms with Gasteiger partial charge in [-0.2, -0.15) is 0 Å². The summed E-state index contributed by atoms with van der Waals surface area (Å²) in [5, 5.41) is 0. The summed E-state index contributed by atoms with van der Waals surface area (Å²) in [5.41, 5.74) is 0. The maximum atomic E-state index is 0. The van der Waals surface area contributed by atoms with Crippen LogP contribution in [0.2, 0.25) is 0 Å². The Labute approximate surface area is 67.6 Å². The first kappa shape index (κ1) is 37.5. The Balaban J connectivity index is 0. The summed E-state index contributed by atoms with van der Waals surface area (Å²) in [7, 11) is 0. The molecule has 0 saturated carbocycles. The fraction of sp³-hybridized carbons (Fsp3) is 0. The molecule has 0 fully saturated rings. The van der Waals surface area contributed by atoms with Gasteiger partial charge in [-0.3, -0.25) is 0 Å². The van der Waals surface area contributed by atoms with Gasteiger partial charge >= 0.3 is 0 Å². The van der Waals surface area contributed by atoms with Crippen molar-refractivity contribution in [1.82, 2.24) is 0 Å². The smallest absolute Gasteiger partial charge is 0 e. The Kier molecular flexibility index (Phi) is 188. The third-order valence-electron chi connectivity index (χ3n) is 0. The SMILES string of the molecule is Br.Br.[Cu].[Cu]. The molecule has 0 heterocycles. The Morgan fingerprint density at radius 2 is 0.500 bits per heavy atom. The molecule has 0 nitrogen and oxygen atoms in total. The van der Waals surface area contributed by atoms with Crippen LogP contribution >= 0.6 is 34.0 Å². The predicted octanol–water partition coefficient (Wildman–Crippen LogP) is 1.15. The number of rotatable bonds is 0. The first-order valence-corrected chi connectivity index (χ1v) is 0. The van der Waals surface area contributed by atoms with Crippen LogP contribution in [-0.2, 0) is 34.1 Å². The first-order chi connectivity index (χ1) is 0. The molecule has 2 radical (unpaired) electrons. The second kappa shape index (κ2) is 20.0. The van der Waals surface area contributed by atoms with Crippen LogP contribution in [0, 0.1) is 0 Å². The second-order valence-electron chi connectivity index (χ2n) is 0. The molecule has 0 saturated heterocycles. The van der Waals surface area contributed by atoms with E-state index in [1.807, 2.05) is 0 Å². The molecule has 4 heteroatoms. The molecule has 0 atom stereocenters. The average molecular weight is 289 g/mol. The van der Waals surface area contributed by atoms with E-state index >= 15 is 0 Å². The second-order valence-corrected chi connectivity index (χ2v) is 0. The van der Waals surface area contributed by atoms with Gasteiger partial charge in [-0.15, -0.1) is 34.0 Å². The topological polar surface area (TPSA) is 0 Å². The van der Waals surface area contributed by atoms with Gasteiger partial charge < -0.3 is 0 Å². The summed E-state index contributed by atoms with van der Waals surface area (Å²) in [6, 6.07) is 0. The molecule has 0 rings (SSSR count). The van der Waals surface area contributed by atoms with E-state index in [1.165, 1.54) is 0 Å². The quantitative estimate of drug-likeness (QED) is 0.587. The molecular formula is H2Br2Cu2. The summed E-state index contributed by atoms with van der Waals surface area (Å²) < 4.78 is 0. The first-order valence-electron chi connectivity index (χ1n) is 0. The van der Waals surface area contributed by atoms with Crippen molar-refractivity contribution in [3.8, 4) is 0 Å².